The Labute approximate surface area is 164 Å². The highest BCUT2D eigenvalue weighted by Gasteiger charge is 2.35. The van der Waals surface area contributed by atoms with Crippen molar-refractivity contribution in [3.63, 3.8) is 0 Å². The van der Waals surface area contributed by atoms with Crippen LogP contribution in [0.1, 0.15) is 38.7 Å². The molecule has 0 saturated carbocycles. The van der Waals surface area contributed by atoms with Crippen molar-refractivity contribution >= 4 is 30.7 Å². The summed E-state index contributed by atoms with van der Waals surface area (Å²) in [4.78, 5) is 17.1. The lowest BCUT2D eigenvalue weighted by molar-refractivity contribution is -0.137. The van der Waals surface area contributed by atoms with Crippen LogP contribution in [0.4, 0.5) is 0 Å². The van der Waals surface area contributed by atoms with E-state index in [1.807, 2.05) is 0 Å². The topological polar surface area (TPSA) is 35.6 Å². The van der Waals surface area contributed by atoms with E-state index in [1.54, 1.807) is 0 Å². The van der Waals surface area contributed by atoms with E-state index < -0.39 is 0 Å². The monoisotopic (exact) mass is 387 g/mol. The molecule has 2 saturated heterocycles. The summed E-state index contributed by atoms with van der Waals surface area (Å²) in [6, 6.07) is 11.0. The van der Waals surface area contributed by atoms with Crippen LogP contribution in [-0.2, 0) is 11.3 Å². The van der Waals surface area contributed by atoms with Crippen LogP contribution in [0.2, 0.25) is 0 Å². The van der Waals surface area contributed by atoms with Crippen LogP contribution in [0.3, 0.4) is 0 Å². The smallest absolute Gasteiger partial charge is 0.224 e. The number of hydrogen-bond donors (Lipinski definition) is 1. The van der Waals surface area contributed by atoms with Gasteiger partial charge in [-0.15, -0.1) is 24.8 Å². The number of piperazine rings is 1. The first kappa shape index (κ1) is 22.2. The van der Waals surface area contributed by atoms with Gasteiger partial charge in [0, 0.05) is 44.2 Å². The minimum absolute atomic E-state index is 0. The molecule has 1 amide bonds. The fourth-order valence-electron chi connectivity index (χ4n) is 3.77. The third-order valence-corrected chi connectivity index (χ3v) is 5.23. The van der Waals surface area contributed by atoms with Crippen LogP contribution in [0, 0.1) is 0 Å². The van der Waals surface area contributed by atoms with Crippen molar-refractivity contribution in [3.8, 4) is 0 Å². The van der Waals surface area contributed by atoms with Gasteiger partial charge in [0.15, 0.2) is 0 Å². The maximum atomic E-state index is 12.6. The van der Waals surface area contributed by atoms with E-state index >= 15 is 0 Å². The molecule has 0 radical (unpaired) electrons. The van der Waals surface area contributed by atoms with Gasteiger partial charge in [0.1, 0.15) is 0 Å². The van der Waals surface area contributed by atoms with Crippen LogP contribution < -0.4 is 5.32 Å². The molecule has 142 valence electrons. The van der Waals surface area contributed by atoms with Gasteiger partial charge in [0.05, 0.1) is 0 Å². The molecule has 1 unspecified atom stereocenters. The number of benzene rings is 1. The number of amides is 1. The molecule has 25 heavy (non-hydrogen) atoms. The lowest BCUT2D eigenvalue weighted by atomic mass is 9.97. The highest BCUT2D eigenvalue weighted by Crippen LogP contribution is 2.24. The largest absolute Gasteiger partial charge is 0.340 e. The van der Waals surface area contributed by atoms with Crippen molar-refractivity contribution in [2.45, 2.75) is 51.2 Å². The average Bonchev–Trinajstić information content (AvgIpc) is 3.03. The molecule has 1 N–H and O–H groups in total. The predicted molar refractivity (Wildman–Crippen MR) is 108 cm³/mol. The Morgan fingerprint density at radius 1 is 1.20 bits per heavy atom. The first-order valence-corrected chi connectivity index (χ1v) is 8.85. The Morgan fingerprint density at radius 3 is 2.52 bits per heavy atom. The van der Waals surface area contributed by atoms with E-state index in [2.05, 4.69) is 59.3 Å². The molecule has 3 rings (SSSR count). The van der Waals surface area contributed by atoms with Crippen LogP contribution >= 0.6 is 24.8 Å². The summed E-state index contributed by atoms with van der Waals surface area (Å²) in [6.45, 7) is 9.15. The first-order valence-electron chi connectivity index (χ1n) is 8.85. The summed E-state index contributed by atoms with van der Waals surface area (Å²) in [7, 11) is 0. The van der Waals surface area contributed by atoms with Gasteiger partial charge in [-0.2, -0.15) is 0 Å². The normalized spacial score (nSPS) is 22.8. The molecule has 6 heteroatoms. The number of carbonyl (C=O) groups is 1. The molecule has 0 bridgehead atoms. The summed E-state index contributed by atoms with van der Waals surface area (Å²) >= 11 is 0. The Bertz CT molecular complexity index is 533. The zero-order valence-electron chi connectivity index (χ0n) is 15.2. The highest BCUT2D eigenvalue weighted by atomic mass is 35.5. The standard InChI is InChI=1S/C19H29N3O.2ClH/c1-19(2)15-21(18(23)13-17-9-6-10-20-17)11-12-22(19)14-16-7-4-3-5-8-16;;/h3-5,7-8,17,20H,6,9-15H2,1-2H3;2*1H. The van der Waals surface area contributed by atoms with E-state index in [-0.39, 0.29) is 30.4 Å². The summed E-state index contributed by atoms with van der Waals surface area (Å²) in [5, 5.41) is 3.43. The molecule has 1 aromatic rings. The number of hydrogen-bond acceptors (Lipinski definition) is 3. The second kappa shape index (κ2) is 9.77. The SMILES string of the molecule is CC1(C)CN(C(=O)CC2CCCN2)CCN1Cc1ccccc1.Cl.Cl. The number of carbonyl (C=O) groups excluding carboxylic acids is 1. The molecule has 2 heterocycles. The van der Waals surface area contributed by atoms with Gasteiger partial charge in [-0.1, -0.05) is 30.3 Å². The van der Waals surface area contributed by atoms with E-state index in [0.717, 1.165) is 39.1 Å². The summed E-state index contributed by atoms with van der Waals surface area (Å²) < 4.78 is 0. The molecule has 1 aromatic carbocycles. The Kier molecular flexibility index (Phi) is 8.69. The van der Waals surface area contributed by atoms with E-state index in [9.17, 15) is 4.79 Å². The molecule has 0 aliphatic carbocycles. The van der Waals surface area contributed by atoms with Gasteiger partial charge in [-0.3, -0.25) is 9.69 Å². The summed E-state index contributed by atoms with van der Waals surface area (Å²) in [5.41, 5.74) is 1.36. The number of halogens is 2. The van der Waals surface area contributed by atoms with Crippen molar-refractivity contribution in [3.05, 3.63) is 35.9 Å². The van der Waals surface area contributed by atoms with Gasteiger partial charge >= 0.3 is 0 Å². The first-order chi connectivity index (χ1) is 11.0. The Hall–Kier alpha value is -0.810. The molecular weight excluding hydrogens is 357 g/mol. The zero-order valence-corrected chi connectivity index (χ0v) is 16.9. The molecule has 0 aromatic heterocycles. The third kappa shape index (κ3) is 5.85. The van der Waals surface area contributed by atoms with Gasteiger partial charge in [-0.05, 0) is 38.8 Å². The van der Waals surface area contributed by atoms with Crippen molar-refractivity contribution < 1.29 is 4.79 Å². The molecular formula is C19H31Cl2N3O. The van der Waals surface area contributed by atoms with Crippen LogP contribution in [-0.4, -0.2) is 53.5 Å². The van der Waals surface area contributed by atoms with E-state index in [0.29, 0.717) is 18.4 Å². The molecule has 2 aliphatic rings. The lowest BCUT2D eigenvalue weighted by Gasteiger charge is -2.47. The Morgan fingerprint density at radius 2 is 1.92 bits per heavy atom. The fourth-order valence-corrected chi connectivity index (χ4v) is 3.77. The second-order valence-corrected chi connectivity index (χ2v) is 7.53. The summed E-state index contributed by atoms with van der Waals surface area (Å²) in [5.74, 6) is 0.317. The minimum Gasteiger partial charge on any atom is -0.340 e. The predicted octanol–water partition coefficient (Wildman–Crippen LogP) is 3.10. The van der Waals surface area contributed by atoms with Gasteiger partial charge < -0.3 is 10.2 Å². The summed E-state index contributed by atoms with van der Waals surface area (Å²) in [6.07, 6.45) is 3.01. The Balaban J connectivity index is 0.00000156. The van der Waals surface area contributed by atoms with E-state index in [1.165, 1.54) is 12.0 Å². The highest BCUT2D eigenvalue weighted by molar-refractivity contribution is 5.85. The number of rotatable bonds is 4. The fraction of sp³-hybridized carbons (Fsp3) is 0.632. The maximum Gasteiger partial charge on any atom is 0.224 e. The van der Waals surface area contributed by atoms with Gasteiger partial charge in [0.25, 0.3) is 0 Å². The molecule has 2 aliphatic heterocycles. The van der Waals surface area contributed by atoms with E-state index in [4.69, 9.17) is 0 Å². The van der Waals surface area contributed by atoms with Gasteiger partial charge in [-0.25, -0.2) is 0 Å². The quantitative estimate of drug-likeness (QED) is 0.861. The molecule has 2 fully saturated rings. The zero-order chi connectivity index (χ0) is 16.3. The van der Waals surface area contributed by atoms with Crippen molar-refractivity contribution in [2.75, 3.05) is 26.2 Å². The van der Waals surface area contributed by atoms with Crippen LogP contribution in [0.5, 0.6) is 0 Å². The number of nitrogens with one attached hydrogen (secondary N) is 1. The van der Waals surface area contributed by atoms with Gasteiger partial charge in [0.2, 0.25) is 5.91 Å². The average molecular weight is 388 g/mol. The molecule has 0 spiro atoms. The third-order valence-electron chi connectivity index (χ3n) is 5.23. The van der Waals surface area contributed by atoms with Crippen molar-refractivity contribution in [1.82, 2.24) is 15.1 Å². The maximum absolute atomic E-state index is 12.6. The van der Waals surface area contributed by atoms with Crippen molar-refractivity contribution in [1.29, 1.82) is 0 Å². The van der Waals surface area contributed by atoms with Crippen molar-refractivity contribution in [2.24, 2.45) is 0 Å². The molecule has 1 atom stereocenters. The second-order valence-electron chi connectivity index (χ2n) is 7.53. The molecule has 4 nitrogen and oxygen atoms in total. The van der Waals surface area contributed by atoms with Crippen LogP contribution in [0.15, 0.2) is 30.3 Å². The minimum atomic E-state index is 0. The lowest BCUT2D eigenvalue weighted by Crippen LogP contribution is -2.60. The number of nitrogens with zero attached hydrogens (tertiary/aromatic N) is 2. The van der Waals surface area contributed by atoms with Crippen LogP contribution in [0.25, 0.3) is 0 Å².